The van der Waals surface area contributed by atoms with Crippen molar-refractivity contribution in [3.05, 3.63) is 59.8 Å². The number of hydrogen-bond donors (Lipinski definition) is 1. The zero-order valence-electron chi connectivity index (χ0n) is 12.7. The second-order valence-corrected chi connectivity index (χ2v) is 5.41. The highest BCUT2D eigenvalue weighted by molar-refractivity contribution is 5.65. The van der Waals surface area contributed by atoms with E-state index in [0.717, 1.165) is 24.2 Å². The summed E-state index contributed by atoms with van der Waals surface area (Å²) in [6, 6.07) is 13.3. The van der Waals surface area contributed by atoms with Gasteiger partial charge < -0.3 is 14.7 Å². The molecule has 0 radical (unpaired) electrons. The van der Waals surface area contributed by atoms with Crippen LogP contribution >= 0.6 is 0 Å². The minimum Gasteiger partial charge on any atom is -0.465 e. The molecule has 1 fully saturated rings. The molecule has 1 aromatic carbocycles. The number of ether oxygens (including phenoxy) is 1. The molecule has 0 saturated carbocycles. The first-order valence-corrected chi connectivity index (χ1v) is 7.57. The van der Waals surface area contributed by atoms with Crippen LogP contribution in [0.1, 0.15) is 18.4 Å². The van der Waals surface area contributed by atoms with E-state index in [2.05, 4.69) is 11.1 Å². The van der Waals surface area contributed by atoms with Gasteiger partial charge in [-0.05, 0) is 36.6 Å². The lowest BCUT2D eigenvalue weighted by molar-refractivity contribution is 0.142. The number of piperidine rings is 1. The smallest absolute Gasteiger partial charge is 0.407 e. The number of benzene rings is 1. The third-order valence-corrected chi connectivity index (χ3v) is 3.77. The normalized spacial score (nSPS) is 14.4. The van der Waals surface area contributed by atoms with E-state index < -0.39 is 6.09 Å². The van der Waals surface area contributed by atoms with Crippen molar-refractivity contribution in [2.24, 2.45) is 0 Å². The van der Waals surface area contributed by atoms with E-state index in [0.29, 0.717) is 19.0 Å². The van der Waals surface area contributed by atoms with Gasteiger partial charge in [-0.3, -0.25) is 0 Å². The van der Waals surface area contributed by atoms with Gasteiger partial charge in [0.2, 0.25) is 5.88 Å². The monoisotopic (exact) mass is 310 g/mol. The zero-order chi connectivity index (χ0) is 16.1. The van der Waals surface area contributed by atoms with Crippen LogP contribution in [-0.2, 0) is 0 Å². The van der Waals surface area contributed by atoms with Gasteiger partial charge in [0, 0.05) is 25.4 Å². The SMILES string of the molecule is O=C(O)N1CCC(=Cc2cccc(Oc3ccccn3)c2)CC1. The maximum atomic E-state index is 10.9. The molecule has 0 bridgehead atoms. The third-order valence-electron chi connectivity index (χ3n) is 3.77. The van der Waals surface area contributed by atoms with Crippen LogP contribution in [0.4, 0.5) is 4.79 Å². The minimum absolute atomic E-state index is 0.561. The molecular formula is C18H18N2O3. The molecule has 0 atom stereocenters. The maximum absolute atomic E-state index is 10.9. The van der Waals surface area contributed by atoms with E-state index in [-0.39, 0.29) is 0 Å². The van der Waals surface area contributed by atoms with E-state index in [4.69, 9.17) is 9.84 Å². The molecule has 1 aliphatic rings. The Hall–Kier alpha value is -2.82. The number of carbonyl (C=O) groups is 1. The molecule has 118 valence electrons. The van der Waals surface area contributed by atoms with Gasteiger partial charge in [0.15, 0.2) is 0 Å². The highest BCUT2D eigenvalue weighted by Crippen LogP contribution is 2.24. The summed E-state index contributed by atoms with van der Waals surface area (Å²) in [7, 11) is 0. The molecule has 2 heterocycles. The first kappa shape index (κ1) is 15.1. The van der Waals surface area contributed by atoms with Crippen LogP contribution in [0, 0.1) is 0 Å². The summed E-state index contributed by atoms with van der Waals surface area (Å²) in [5.74, 6) is 1.30. The fraction of sp³-hybridized carbons (Fsp3) is 0.222. The van der Waals surface area contributed by atoms with Crippen molar-refractivity contribution in [2.75, 3.05) is 13.1 Å². The summed E-state index contributed by atoms with van der Waals surface area (Å²) in [6.45, 7) is 1.12. The molecule has 3 rings (SSSR count). The van der Waals surface area contributed by atoms with Gasteiger partial charge in [-0.1, -0.05) is 29.8 Å². The fourth-order valence-electron chi connectivity index (χ4n) is 2.56. The predicted molar refractivity (Wildman–Crippen MR) is 87.6 cm³/mol. The van der Waals surface area contributed by atoms with E-state index in [9.17, 15) is 4.79 Å². The molecule has 5 nitrogen and oxygen atoms in total. The van der Waals surface area contributed by atoms with Crippen LogP contribution in [0.25, 0.3) is 6.08 Å². The van der Waals surface area contributed by atoms with Crippen LogP contribution in [0.2, 0.25) is 0 Å². The maximum Gasteiger partial charge on any atom is 0.407 e. The highest BCUT2D eigenvalue weighted by Gasteiger charge is 2.17. The number of rotatable bonds is 3. The second kappa shape index (κ2) is 6.96. The Morgan fingerprint density at radius 1 is 1.17 bits per heavy atom. The van der Waals surface area contributed by atoms with E-state index >= 15 is 0 Å². The molecule has 1 N–H and O–H groups in total. The van der Waals surface area contributed by atoms with Crippen LogP contribution in [0.15, 0.2) is 54.2 Å². The van der Waals surface area contributed by atoms with Gasteiger partial charge in [-0.15, -0.1) is 0 Å². The molecule has 23 heavy (non-hydrogen) atoms. The van der Waals surface area contributed by atoms with Crippen LogP contribution in [-0.4, -0.2) is 34.2 Å². The summed E-state index contributed by atoms with van der Waals surface area (Å²) < 4.78 is 5.73. The van der Waals surface area contributed by atoms with Gasteiger partial charge in [0.1, 0.15) is 5.75 Å². The summed E-state index contributed by atoms with van der Waals surface area (Å²) in [4.78, 5) is 16.5. The molecule has 2 aromatic rings. The number of aromatic nitrogens is 1. The van der Waals surface area contributed by atoms with Crippen molar-refractivity contribution >= 4 is 12.2 Å². The number of hydrogen-bond acceptors (Lipinski definition) is 3. The summed E-state index contributed by atoms with van der Waals surface area (Å²) in [5.41, 5.74) is 2.31. The van der Waals surface area contributed by atoms with Crippen LogP contribution in [0.3, 0.4) is 0 Å². The molecule has 0 unspecified atom stereocenters. The number of amides is 1. The predicted octanol–water partition coefficient (Wildman–Crippen LogP) is 4.03. The van der Waals surface area contributed by atoms with Gasteiger partial charge in [0.05, 0.1) is 0 Å². The van der Waals surface area contributed by atoms with Crippen LogP contribution < -0.4 is 4.74 Å². The molecule has 1 saturated heterocycles. The fourth-order valence-corrected chi connectivity index (χ4v) is 2.56. The molecule has 5 heteroatoms. The van der Waals surface area contributed by atoms with Crippen molar-refractivity contribution in [3.63, 3.8) is 0 Å². The standard InChI is InChI=1S/C18H18N2O3/c21-18(22)20-10-7-14(8-11-20)12-15-4-3-5-16(13-15)23-17-6-1-2-9-19-17/h1-6,9,12-13H,7-8,10-11H2,(H,21,22). The Balaban J connectivity index is 1.68. The number of pyridine rings is 1. The molecule has 1 aromatic heterocycles. The van der Waals surface area contributed by atoms with Gasteiger partial charge in [0.25, 0.3) is 0 Å². The summed E-state index contributed by atoms with van der Waals surface area (Å²) >= 11 is 0. The third kappa shape index (κ3) is 4.10. The van der Waals surface area contributed by atoms with Gasteiger partial charge in [-0.25, -0.2) is 9.78 Å². The Bertz CT molecular complexity index is 703. The first-order valence-electron chi connectivity index (χ1n) is 7.57. The minimum atomic E-state index is -0.838. The largest absolute Gasteiger partial charge is 0.465 e. The topological polar surface area (TPSA) is 62.7 Å². The first-order chi connectivity index (χ1) is 11.2. The highest BCUT2D eigenvalue weighted by atomic mass is 16.5. The lowest BCUT2D eigenvalue weighted by atomic mass is 10.0. The van der Waals surface area contributed by atoms with Crippen molar-refractivity contribution in [3.8, 4) is 11.6 Å². The number of likely N-dealkylation sites (tertiary alicyclic amines) is 1. The quantitative estimate of drug-likeness (QED) is 0.929. The van der Waals surface area contributed by atoms with E-state index in [1.165, 1.54) is 10.5 Å². The molecule has 1 aliphatic heterocycles. The zero-order valence-corrected chi connectivity index (χ0v) is 12.7. The van der Waals surface area contributed by atoms with Crippen molar-refractivity contribution < 1.29 is 14.6 Å². The Morgan fingerprint density at radius 2 is 2.00 bits per heavy atom. The second-order valence-electron chi connectivity index (χ2n) is 5.41. The molecular weight excluding hydrogens is 292 g/mol. The van der Waals surface area contributed by atoms with E-state index in [1.807, 2.05) is 42.5 Å². The molecule has 0 spiro atoms. The number of nitrogens with zero attached hydrogens (tertiary/aromatic N) is 2. The van der Waals surface area contributed by atoms with Crippen molar-refractivity contribution in [1.82, 2.24) is 9.88 Å². The average Bonchev–Trinajstić information content (AvgIpc) is 2.57. The Morgan fingerprint density at radius 3 is 2.70 bits per heavy atom. The van der Waals surface area contributed by atoms with Crippen LogP contribution in [0.5, 0.6) is 11.6 Å². The summed E-state index contributed by atoms with van der Waals surface area (Å²) in [5, 5.41) is 8.97. The lowest BCUT2D eigenvalue weighted by Gasteiger charge is -2.25. The number of carboxylic acid groups (broad SMARTS) is 1. The van der Waals surface area contributed by atoms with Crippen molar-refractivity contribution in [1.29, 1.82) is 0 Å². The summed E-state index contributed by atoms with van der Waals surface area (Å²) in [6.07, 6.45) is 4.52. The van der Waals surface area contributed by atoms with Gasteiger partial charge in [-0.2, -0.15) is 0 Å². The Labute approximate surface area is 134 Å². The molecule has 0 aliphatic carbocycles. The van der Waals surface area contributed by atoms with Crippen molar-refractivity contribution in [2.45, 2.75) is 12.8 Å². The molecule has 1 amide bonds. The average molecular weight is 310 g/mol. The van der Waals surface area contributed by atoms with E-state index in [1.54, 1.807) is 6.20 Å². The van der Waals surface area contributed by atoms with Gasteiger partial charge >= 0.3 is 6.09 Å². The lowest BCUT2D eigenvalue weighted by Crippen LogP contribution is -2.35. The Kier molecular flexibility index (Phi) is 4.57.